The number of rotatable bonds is 7. The highest BCUT2D eigenvalue weighted by molar-refractivity contribution is 6.01. The molecule has 11 heteroatoms. The van der Waals surface area contributed by atoms with Crippen LogP contribution in [-0.2, 0) is 7.05 Å². The predicted molar refractivity (Wildman–Crippen MR) is 139 cm³/mol. The van der Waals surface area contributed by atoms with E-state index < -0.39 is 0 Å². The lowest BCUT2D eigenvalue weighted by Gasteiger charge is -2.36. The minimum Gasteiger partial charge on any atom is -0.395 e. The van der Waals surface area contributed by atoms with Crippen LogP contribution >= 0.6 is 0 Å². The first kappa shape index (κ1) is 24.3. The molecule has 1 aromatic carbocycles. The van der Waals surface area contributed by atoms with E-state index in [0.717, 1.165) is 34.3 Å². The summed E-state index contributed by atoms with van der Waals surface area (Å²) in [6, 6.07) is 8.12. The summed E-state index contributed by atoms with van der Waals surface area (Å²) >= 11 is 0. The molecule has 37 heavy (non-hydrogen) atoms. The highest BCUT2D eigenvalue weighted by Gasteiger charge is 2.24. The first-order valence-corrected chi connectivity index (χ1v) is 12.0. The van der Waals surface area contributed by atoms with E-state index in [1.54, 1.807) is 29.2 Å². The van der Waals surface area contributed by atoms with Crippen molar-refractivity contribution in [1.82, 2.24) is 29.6 Å². The van der Waals surface area contributed by atoms with Gasteiger partial charge in [0.2, 0.25) is 5.95 Å². The fourth-order valence-electron chi connectivity index (χ4n) is 4.53. The molecule has 3 aromatic heterocycles. The van der Waals surface area contributed by atoms with Crippen molar-refractivity contribution >= 4 is 18.1 Å². The van der Waals surface area contributed by atoms with Crippen molar-refractivity contribution in [2.45, 2.75) is 5.92 Å². The maximum atomic E-state index is 13.3. The van der Waals surface area contributed by atoms with Gasteiger partial charge < -0.3 is 19.9 Å². The summed E-state index contributed by atoms with van der Waals surface area (Å²) in [5, 5.41) is 21.7. The van der Waals surface area contributed by atoms with Crippen LogP contribution < -0.4 is 4.90 Å². The number of aryl methyl sites for hydroxylation is 1. The Balaban J connectivity index is 1.25. The first-order chi connectivity index (χ1) is 18.1. The van der Waals surface area contributed by atoms with Crippen molar-refractivity contribution in [3.8, 4) is 11.1 Å². The normalized spacial score (nSPS) is 15.2. The van der Waals surface area contributed by atoms with E-state index in [-0.39, 0.29) is 18.3 Å². The van der Waals surface area contributed by atoms with Gasteiger partial charge in [0, 0.05) is 75.1 Å². The van der Waals surface area contributed by atoms with Crippen molar-refractivity contribution in [2.24, 2.45) is 12.0 Å². The maximum Gasteiger partial charge on any atom is 0.225 e. The van der Waals surface area contributed by atoms with Crippen LogP contribution in [0.5, 0.6) is 0 Å². The van der Waals surface area contributed by atoms with E-state index >= 15 is 0 Å². The average molecular weight is 502 g/mol. The Morgan fingerprint density at radius 2 is 1.84 bits per heavy atom. The molecule has 1 aliphatic heterocycles. The molecular formula is C26H28FN9O. The number of hydrogen-bond donors (Lipinski definition) is 3. The van der Waals surface area contributed by atoms with Gasteiger partial charge in [-0.25, -0.2) is 19.4 Å². The van der Waals surface area contributed by atoms with Gasteiger partial charge in [-0.05, 0) is 29.3 Å². The van der Waals surface area contributed by atoms with Gasteiger partial charge in [0.15, 0.2) is 5.84 Å². The first-order valence-electron chi connectivity index (χ1n) is 12.0. The topological polar surface area (TPSA) is 122 Å². The molecule has 1 fully saturated rings. The second-order valence-electron chi connectivity index (χ2n) is 8.86. The zero-order valence-corrected chi connectivity index (χ0v) is 20.4. The number of anilines is 1. The Labute approximate surface area is 213 Å². The Morgan fingerprint density at radius 3 is 2.46 bits per heavy atom. The van der Waals surface area contributed by atoms with Crippen LogP contribution in [0.3, 0.4) is 0 Å². The summed E-state index contributed by atoms with van der Waals surface area (Å²) in [6.07, 6.45) is 10.2. The Hall–Kier alpha value is -4.38. The summed E-state index contributed by atoms with van der Waals surface area (Å²) in [5.74, 6) is 0.698. The van der Waals surface area contributed by atoms with Crippen molar-refractivity contribution in [3.63, 3.8) is 0 Å². The van der Waals surface area contributed by atoms with Gasteiger partial charge in [0.1, 0.15) is 12.2 Å². The third-order valence-electron chi connectivity index (χ3n) is 6.53. The second-order valence-corrected chi connectivity index (χ2v) is 8.86. The van der Waals surface area contributed by atoms with Crippen LogP contribution in [0, 0.1) is 11.2 Å². The van der Waals surface area contributed by atoms with Crippen LogP contribution in [0.4, 0.5) is 10.3 Å². The molecule has 5 rings (SSSR count). The Morgan fingerprint density at radius 1 is 1.11 bits per heavy atom. The molecule has 0 unspecified atom stereocenters. The lowest BCUT2D eigenvalue weighted by atomic mass is 9.94. The van der Waals surface area contributed by atoms with Crippen LogP contribution in [0.15, 0.2) is 66.3 Å². The number of aliphatic hydroxyl groups is 1. The van der Waals surface area contributed by atoms with Crippen molar-refractivity contribution in [2.75, 3.05) is 37.7 Å². The minimum atomic E-state index is -0.316. The van der Waals surface area contributed by atoms with Gasteiger partial charge in [-0.15, -0.1) is 0 Å². The van der Waals surface area contributed by atoms with Gasteiger partial charge >= 0.3 is 0 Å². The van der Waals surface area contributed by atoms with Crippen LogP contribution in [0.25, 0.3) is 11.1 Å². The van der Waals surface area contributed by atoms with E-state index in [0.29, 0.717) is 38.0 Å². The fourth-order valence-corrected chi connectivity index (χ4v) is 4.53. The summed E-state index contributed by atoms with van der Waals surface area (Å²) in [6.45, 7) is 2.63. The van der Waals surface area contributed by atoms with Gasteiger partial charge in [-0.3, -0.25) is 10.1 Å². The fraction of sp³-hybridized carbons (Fsp3) is 0.269. The van der Waals surface area contributed by atoms with Crippen molar-refractivity contribution in [3.05, 3.63) is 84.0 Å². The van der Waals surface area contributed by atoms with E-state index in [1.165, 1.54) is 12.1 Å². The Bertz CT molecular complexity index is 1370. The smallest absolute Gasteiger partial charge is 0.225 e. The molecule has 10 nitrogen and oxygen atoms in total. The number of halogens is 1. The van der Waals surface area contributed by atoms with E-state index in [1.807, 2.05) is 31.7 Å². The molecule has 4 aromatic rings. The molecular weight excluding hydrogens is 473 g/mol. The number of amidine groups is 1. The maximum absolute atomic E-state index is 13.3. The number of hydrogen-bond acceptors (Lipinski definition) is 6. The minimum absolute atomic E-state index is 0.122. The summed E-state index contributed by atoms with van der Waals surface area (Å²) in [7, 11) is 1.88. The molecule has 1 atom stereocenters. The molecule has 4 heterocycles. The highest BCUT2D eigenvalue weighted by Crippen LogP contribution is 2.25. The van der Waals surface area contributed by atoms with E-state index in [4.69, 9.17) is 5.41 Å². The molecule has 0 aliphatic carbocycles. The third kappa shape index (κ3) is 5.26. The van der Waals surface area contributed by atoms with E-state index in [2.05, 4.69) is 34.8 Å². The number of benzene rings is 1. The summed E-state index contributed by atoms with van der Waals surface area (Å²) in [4.78, 5) is 21.0. The molecule has 0 saturated carbocycles. The van der Waals surface area contributed by atoms with Gasteiger partial charge in [-0.1, -0.05) is 12.1 Å². The van der Waals surface area contributed by atoms with Gasteiger partial charge in [-0.2, -0.15) is 5.10 Å². The predicted octanol–water partition coefficient (Wildman–Crippen LogP) is 2.64. The molecule has 0 radical (unpaired) electrons. The third-order valence-corrected chi connectivity index (χ3v) is 6.53. The quantitative estimate of drug-likeness (QED) is 0.264. The zero-order valence-electron chi connectivity index (χ0n) is 20.4. The molecule has 3 N–H and O–H groups in total. The lowest BCUT2D eigenvalue weighted by molar-refractivity contribution is 0.280. The van der Waals surface area contributed by atoms with E-state index in [9.17, 15) is 9.50 Å². The number of aromatic amines is 1. The summed E-state index contributed by atoms with van der Waals surface area (Å²) < 4.78 is 15.0. The number of aliphatic imine (C=N–C) groups is 1. The van der Waals surface area contributed by atoms with Crippen LogP contribution in [-0.4, -0.2) is 79.7 Å². The SMILES string of the molecule is Cn1cc(-c2c[nH]c(/C(=N\C=N)N3CCN(c4ncc([C@H](CO)c5ccc(F)cc5)cn4)CC3)c2)cn1. The largest absolute Gasteiger partial charge is 0.395 e. The number of piperazine rings is 1. The second kappa shape index (κ2) is 10.7. The number of nitrogens with zero attached hydrogens (tertiary/aromatic N) is 7. The standard InChI is InChI=1S/C26H28FN9O/c1-34-15-21(14-33-34)19-10-24(29-11-19)25(32-17-28)35-6-8-36(9-7-35)26-30-12-20(13-31-26)23(16-37)18-2-4-22(27)5-3-18/h2-5,10-15,17,23,28-29,37H,6-9,16H2,1H3/b28-17?,32-25+/t23-/m1/s1. The molecule has 190 valence electrons. The molecule has 0 spiro atoms. The molecule has 0 amide bonds. The number of aromatic nitrogens is 5. The van der Waals surface area contributed by atoms with Crippen molar-refractivity contribution < 1.29 is 9.50 Å². The molecule has 1 aliphatic rings. The Kier molecular flexibility index (Phi) is 7.04. The molecule has 1 saturated heterocycles. The highest BCUT2D eigenvalue weighted by atomic mass is 19.1. The average Bonchev–Trinajstić information content (AvgIpc) is 3.59. The van der Waals surface area contributed by atoms with Gasteiger partial charge in [0.05, 0.1) is 18.5 Å². The number of nitrogens with one attached hydrogen (secondary N) is 2. The summed E-state index contributed by atoms with van der Waals surface area (Å²) in [5.41, 5.74) is 4.44. The van der Waals surface area contributed by atoms with Gasteiger partial charge in [0.25, 0.3) is 0 Å². The monoisotopic (exact) mass is 501 g/mol. The zero-order chi connectivity index (χ0) is 25.8. The van der Waals surface area contributed by atoms with Crippen LogP contribution in [0.1, 0.15) is 22.7 Å². The molecule has 0 bridgehead atoms. The van der Waals surface area contributed by atoms with Crippen molar-refractivity contribution in [1.29, 1.82) is 5.41 Å². The number of H-pyrrole nitrogens is 1. The number of aliphatic hydroxyl groups excluding tert-OH is 1. The lowest BCUT2D eigenvalue weighted by Crippen LogP contribution is -2.49. The van der Waals surface area contributed by atoms with Crippen LogP contribution in [0.2, 0.25) is 0 Å².